The molecule has 21 heteroatoms. The molecular formula is C54H107N7O12Si2. The number of aromatic nitrogens is 3. The SMILES string of the molecule is CCCCN(CCCC)C(=O)CCCCCCCn1c(=O)n(CCCCCCCC(=O)N(CCCC)CCC[Si](OC)(OC)OC)c(=O)n(CCCCCCNC(=O)N(CCCC)CCC[Si](OC)(OC)OC)c1=O. The van der Waals surface area contributed by atoms with Gasteiger partial charge in [-0.15, -0.1) is 0 Å². The van der Waals surface area contributed by atoms with Gasteiger partial charge in [0.2, 0.25) is 11.8 Å². The molecule has 0 spiro atoms. The van der Waals surface area contributed by atoms with Gasteiger partial charge in [-0.25, -0.2) is 32.9 Å². The van der Waals surface area contributed by atoms with Gasteiger partial charge in [-0.3, -0.25) is 9.59 Å². The fourth-order valence-electron chi connectivity index (χ4n) is 9.30. The molecule has 0 saturated heterocycles. The van der Waals surface area contributed by atoms with E-state index in [1.54, 1.807) is 42.7 Å². The quantitative estimate of drug-likeness (QED) is 0.0482. The molecule has 1 heterocycles. The van der Waals surface area contributed by atoms with Crippen LogP contribution >= 0.6 is 0 Å². The topological polar surface area (TPSA) is 194 Å². The van der Waals surface area contributed by atoms with E-state index in [0.29, 0.717) is 83.3 Å². The Balaban J connectivity index is 2.95. The Morgan fingerprint density at radius 3 is 1.00 bits per heavy atom. The molecule has 0 bridgehead atoms. The van der Waals surface area contributed by atoms with Crippen molar-refractivity contribution >= 4 is 35.5 Å². The number of carbonyl (C=O) groups excluding carboxylic acids is 3. The summed E-state index contributed by atoms with van der Waals surface area (Å²) < 4.78 is 37.1. The molecule has 0 atom stereocenters. The minimum absolute atomic E-state index is 0.104. The number of nitrogens with zero attached hydrogens (tertiary/aromatic N) is 6. The highest BCUT2D eigenvalue weighted by molar-refractivity contribution is 6.60. The number of hydrogen-bond donors (Lipinski definition) is 1. The van der Waals surface area contributed by atoms with Crippen LogP contribution in [0.3, 0.4) is 0 Å². The molecule has 1 N–H and O–H groups in total. The minimum atomic E-state index is -2.73. The van der Waals surface area contributed by atoms with Crippen LogP contribution in [0.15, 0.2) is 14.4 Å². The van der Waals surface area contributed by atoms with E-state index in [9.17, 15) is 28.8 Å². The number of carbonyl (C=O) groups is 3. The lowest BCUT2D eigenvalue weighted by Gasteiger charge is -2.27. The van der Waals surface area contributed by atoms with E-state index in [1.165, 1.54) is 13.7 Å². The average Bonchev–Trinajstić information content (AvgIpc) is 3.42. The first-order valence-corrected chi connectivity index (χ1v) is 33.0. The smallest absolute Gasteiger partial charge is 0.377 e. The highest BCUT2D eigenvalue weighted by Gasteiger charge is 2.38. The predicted molar refractivity (Wildman–Crippen MR) is 303 cm³/mol. The molecule has 1 rings (SSSR count). The number of amides is 4. The molecule has 1 aromatic heterocycles. The summed E-state index contributed by atoms with van der Waals surface area (Å²) in [5.74, 6) is 0.370. The monoisotopic (exact) mass is 1100 g/mol. The zero-order chi connectivity index (χ0) is 55.7. The molecule has 0 saturated carbocycles. The Hall–Kier alpha value is -3.19. The fourth-order valence-corrected chi connectivity index (χ4v) is 12.7. The van der Waals surface area contributed by atoms with Crippen LogP contribution in [0.2, 0.25) is 12.1 Å². The molecule has 19 nitrogen and oxygen atoms in total. The first kappa shape index (κ1) is 69.8. The van der Waals surface area contributed by atoms with Crippen molar-refractivity contribution < 1.29 is 40.9 Å². The van der Waals surface area contributed by atoms with Gasteiger partial charge in [0.15, 0.2) is 0 Å². The van der Waals surface area contributed by atoms with Crippen LogP contribution in [0.1, 0.15) is 195 Å². The van der Waals surface area contributed by atoms with Crippen molar-refractivity contribution in [2.75, 3.05) is 88.5 Å². The van der Waals surface area contributed by atoms with Gasteiger partial charge in [-0.05, 0) is 77.0 Å². The zero-order valence-corrected chi connectivity index (χ0v) is 51.0. The number of nitrogens with one attached hydrogen (secondary N) is 1. The van der Waals surface area contributed by atoms with Crippen molar-refractivity contribution in [1.82, 2.24) is 33.7 Å². The van der Waals surface area contributed by atoms with Gasteiger partial charge in [0.1, 0.15) is 0 Å². The molecule has 75 heavy (non-hydrogen) atoms. The minimum Gasteiger partial charge on any atom is -0.377 e. The van der Waals surface area contributed by atoms with Crippen molar-refractivity contribution in [3.63, 3.8) is 0 Å². The number of rotatable bonds is 49. The Morgan fingerprint density at radius 2 is 0.667 bits per heavy atom. The van der Waals surface area contributed by atoms with Crippen LogP contribution < -0.4 is 22.4 Å². The van der Waals surface area contributed by atoms with E-state index in [-0.39, 0.29) is 37.5 Å². The summed E-state index contributed by atoms with van der Waals surface area (Å²) in [6.07, 6.45) is 21.1. The highest BCUT2D eigenvalue weighted by atomic mass is 28.4. The third-order valence-corrected chi connectivity index (χ3v) is 20.0. The van der Waals surface area contributed by atoms with Crippen LogP contribution in [-0.2, 0) is 55.8 Å². The Kier molecular flexibility index (Phi) is 39.8. The molecule has 0 aliphatic carbocycles. The molecule has 0 aromatic carbocycles. The van der Waals surface area contributed by atoms with Crippen molar-refractivity contribution in [2.24, 2.45) is 0 Å². The standard InChI is InChI=1S/C54H107N7O12Si2/c1-11-15-38-56(39-16-12-2)49(62)35-27-21-19-24-30-44-59-52(65)60(45-31-25-20-22-28-36-50(63)57(40-17-13-3)42-33-47-74(68-5,69-6)70-7)54(67)61(53(59)66)46-32-26-23-29-37-55-51(64)58(41-18-14-4)43-34-48-75(71-8,72-9)73-10/h11-48H2,1-10H3,(H,55,64). The molecule has 0 unspecified atom stereocenters. The predicted octanol–water partition coefficient (Wildman–Crippen LogP) is 8.82. The van der Waals surface area contributed by atoms with E-state index in [1.807, 2.05) is 14.7 Å². The Morgan fingerprint density at radius 1 is 0.387 bits per heavy atom. The van der Waals surface area contributed by atoms with Gasteiger partial charge in [0, 0.05) is 133 Å². The summed E-state index contributed by atoms with van der Waals surface area (Å²) in [4.78, 5) is 86.9. The lowest BCUT2D eigenvalue weighted by molar-refractivity contribution is -0.132. The van der Waals surface area contributed by atoms with E-state index in [0.717, 1.165) is 142 Å². The number of urea groups is 1. The molecular weight excluding hydrogens is 995 g/mol. The van der Waals surface area contributed by atoms with Gasteiger partial charge < -0.3 is 46.6 Å². The first-order valence-electron chi connectivity index (χ1n) is 29.1. The van der Waals surface area contributed by atoms with E-state index < -0.39 is 34.7 Å². The summed E-state index contributed by atoms with van der Waals surface area (Å²) in [6.45, 7) is 13.8. The van der Waals surface area contributed by atoms with Gasteiger partial charge >= 0.3 is 40.7 Å². The summed E-state index contributed by atoms with van der Waals surface area (Å²) >= 11 is 0. The summed E-state index contributed by atoms with van der Waals surface area (Å²) in [5.41, 5.74) is -1.70. The Bertz CT molecular complexity index is 1720. The highest BCUT2D eigenvalue weighted by Crippen LogP contribution is 2.18. The molecule has 1 aromatic rings. The van der Waals surface area contributed by atoms with Gasteiger partial charge in [0.05, 0.1) is 0 Å². The van der Waals surface area contributed by atoms with Gasteiger partial charge in [-0.1, -0.05) is 105 Å². The molecule has 0 radical (unpaired) electrons. The maximum absolute atomic E-state index is 13.9. The molecule has 0 aliphatic heterocycles. The maximum Gasteiger partial charge on any atom is 0.500 e. The first-order chi connectivity index (χ1) is 36.3. The second-order valence-electron chi connectivity index (χ2n) is 19.9. The summed E-state index contributed by atoms with van der Waals surface area (Å²) in [5, 5.41) is 3.07. The van der Waals surface area contributed by atoms with Crippen molar-refractivity contribution in [3.8, 4) is 0 Å². The second kappa shape index (κ2) is 42.8. The van der Waals surface area contributed by atoms with Gasteiger partial charge in [0.25, 0.3) is 0 Å². The number of hydrogen-bond acceptors (Lipinski definition) is 12. The van der Waals surface area contributed by atoms with E-state index in [4.69, 9.17) is 26.6 Å². The zero-order valence-electron chi connectivity index (χ0n) is 49.0. The third kappa shape index (κ3) is 27.3. The molecule has 438 valence electrons. The van der Waals surface area contributed by atoms with Crippen LogP contribution in [0.4, 0.5) is 4.79 Å². The fraction of sp³-hybridized carbons (Fsp3) is 0.889. The van der Waals surface area contributed by atoms with Crippen molar-refractivity contribution in [1.29, 1.82) is 0 Å². The van der Waals surface area contributed by atoms with E-state index in [2.05, 4.69) is 33.0 Å². The lowest BCUT2D eigenvalue weighted by atomic mass is 10.1. The summed E-state index contributed by atoms with van der Waals surface area (Å²) in [6, 6.07) is 1.13. The largest absolute Gasteiger partial charge is 0.500 e. The summed E-state index contributed by atoms with van der Waals surface area (Å²) in [7, 11) is 4.13. The molecule has 0 aliphatic rings. The average molecular weight is 1100 g/mol. The molecule has 4 amide bonds. The van der Waals surface area contributed by atoms with Crippen LogP contribution in [0.5, 0.6) is 0 Å². The second-order valence-corrected chi connectivity index (χ2v) is 26.1. The normalized spacial score (nSPS) is 11.9. The van der Waals surface area contributed by atoms with Crippen molar-refractivity contribution in [3.05, 3.63) is 31.5 Å². The number of unbranched alkanes of at least 4 members (excludes halogenated alkanes) is 15. The maximum atomic E-state index is 13.9. The third-order valence-electron chi connectivity index (χ3n) is 14.3. The van der Waals surface area contributed by atoms with E-state index >= 15 is 0 Å². The van der Waals surface area contributed by atoms with Crippen LogP contribution in [0.25, 0.3) is 0 Å². The molecule has 0 fully saturated rings. The van der Waals surface area contributed by atoms with Crippen molar-refractivity contribution in [2.45, 2.75) is 226 Å². The lowest BCUT2D eigenvalue weighted by Crippen LogP contribution is -2.54. The van der Waals surface area contributed by atoms with Gasteiger partial charge in [-0.2, -0.15) is 0 Å². The van der Waals surface area contributed by atoms with Crippen LogP contribution in [-0.4, -0.2) is 152 Å². The van der Waals surface area contributed by atoms with Crippen LogP contribution in [0, 0.1) is 0 Å². The Labute approximate surface area is 454 Å².